The van der Waals surface area contributed by atoms with E-state index < -0.39 is 63.3 Å². The fraction of sp³-hybridized carbons (Fsp3) is 0.125. The summed E-state index contributed by atoms with van der Waals surface area (Å²) in [6.45, 7) is -0.506. The smallest absolute Gasteiger partial charge is 0.338 e. The Hall–Kier alpha value is -4.76. The number of carboxylic acid groups (broad SMARTS) is 1. The number of hydrogen-bond acceptors (Lipinski definition) is 9. The number of H-pyrrole nitrogens is 1. The quantitative estimate of drug-likeness (QED) is 0.174. The zero-order chi connectivity index (χ0) is 28.5. The van der Waals surface area contributed by atoms with Crippen molar-refractivity contribution in [2.75, 3.05) is 17.6 Å². The average molecular weight is 560 g/mol. The molecule has 0 amide bonds. The predicted octanol–water partition coefficient (Wildman–Crippen LogP) is 2.07. The fourth-order valence-corrected chi connectivity index (χ4v) is 4.05. The molecule has 0 aliphatic heterocycles. The van der Waals surface area contributed by atoms with E-state index in [1.165, 1.54) is 24.4 Å². The number of ketones is 1. The first kappa shape index (κ1) is 27.3. The molecule has 0 fully saturated rings. The van der Waals surface area contributed by atoms with Crippen LogP contribution in [0.2, 0.25) is 0 Å². The summed E-state index contributed by atoms with van der Waals surface area (Å²) < 4.78 is 58.7. The van der Waals surface area contributed by atoms with E-state index in [4.69, 9.17) is 15.6 Å². The molecule has 4 rings (SSSR count). The molecule has 12 nitrogen and oxygen atoms in total. The number of carbonyl (C=O) groups excluding carboxylic acids is 2. The summed E-state index contributed by atoms with van der Waals surface area (Å²) in [4.78, 5) is 40.2. The first-order valence-electron chi connectivity index (χ1n) is 11.0. The summed E-state index contributed by atoms with van der Waals surface area (Å²) in [5, 5.41) is 15.4. The van der Waals surface area contributed by atoms with Crippen LogP contribution in [0, 0.1) is 11.6 Å². The maximum Gasteiger partial charge on any atom is 0.338 e. The van der Waals surface area contributed by atoms with E-state index in [0.717, 1.165) is 12.1 Å². The van der Waals surface area contributed by atoms with Gasteiger partial charge in [-0.1, -0.05) is 12.1 Å². The number of nitrogens with one attached hydrogen (secondary N) is 2. The Balaban J connectivity index is 1.63. The van der Waals surface area contributed by atoms with Gasteiger partial charge in [-0.25, -0.2) is 27.0 Å². The second kappa shape index (κ2) is 10.5. The second-order valence-electron chi connectivity index (χ2n) is 8.30. The number of esters is 1. The number of anilines is 1. The van der Waals surface area contributed by atoms with Crippen LogP contribution >= 0.6 is 0 Å². The number of carbonyl (C=O) groups is 3. The Kier molecular flexibility index (Phi) is 7.38. The van der Waals surface area contributed by atoms with Gasteiger partial charge in [0.2, 0.25) is 15.8 Å². The number of aromatic amines is 1. The van der Waals surface area contributed by atoms with Crippen molar-refractivity contribution >= 4 is 44.5 Å². The van der Waals surface area contributed by atoms with Gasteiger partial charge in [-0.05, 0) is 35.9 Å². The molecule has 0 saturated heterocycles. The number of ether oxygens (including phenoxy) is 1. The SMILES string of the molecule is CS(=O)(=O)Nc1c(F)ccc(C(=O)c2n[nH]c3ncc(-c4ccc(C(=O)OC[C@H](N)C(=O)O)cc4)cc23)c1F. The molecule has 0 radical (unpaired) electrons. The molecule has 0 unspecified atom stereocenters. The summed E-state index contributed by atoms with van der Waals surface area (Å²) >= 11 is 0. The third kappa shape index (κ3) is 5.89. The maximum absolute atomic E-state index is 15.0. The zero-order valence-corrected chi connectivity index (χ0v) is 20.8. The van der Waals surface area contributed by atoms with Gasteiger partial charge < -0.3 is 15.6 Å². The van der Waals surface area contributed by atoms with Crippen LogP contribution in [-0.4, -0.2) is 65.3 Å². The van der Waals surface area contributed by atoms with Crippen LogP contribution in [0.25, 0.3) is 22.2 Å². The van der Waals surface area contributed by atoms with Crippen molar-refractivity contribution in [1.82, 2.24) is 15.2 Å². The van der Waals surface area contributed by atoms with Crippen molar-refractivity contribution < 1.29 is 41.4 Å². The number of aliphatic carboxylic acids is 1. The Labute approximate surface area is 218 Å². The van der Waals surface area contributed by atoms with Gasteiger partial charge in [0.1, 0.15) is 29.8 Å². The number of benzene rings is 2. The topological polar surface area (TPSA) is 194 Å². The van der Waals surface area contributed by atoms with E-state index in [2.05, 4.69) is 15.2 Å². The molecule has 5 N–H and O–H groups in total. The van der Waals surface area contributed by atoms with Crippen molar-refractivity contribution in [3.05, 3.63) is 77.1 Å². The molecule has 0 saturated carbocycles. The summed E-state index contributed by atoms with van der Waals surface area (Å²) in [7, 11) is -4.04. The summed E-state index contributed by atoms with van der Waals surface area (Å²) in [6.07, 6.45) is 2.17. The van der Waals surface area contributed by atoms with Gasteiger partial charge in [-0.2, -0.15) is 5.10 Å². The Morgan fingerprint density at radius 2 is 1.82 bits per heavy atom. The highest BCUT2D eigenvalue weighted by atomic mass is 32.2. The molecule has 0 aliphatic carbocycles. The molecule has 2 aromatic heterocycles. The minimum atomic E-state index is -4.04. The van der Waals surface area contributed by atoms with E-state index >= 15 is 0 Å². The van der Waals surface area contributed by atoms with Crippen LogP contribution in [0.5, 0.6) is 0 Å². The van der Waals surface area contributed by atoms with Crippen LogP contribution < -0.4 is 10.5 Å². The molecule has 39 heavy (non-hydrogen) atoms. The van der Waals surface area contributed by atoms with Crippen LogP contribution in [0.15, 0.2) is 48.7 Å². The predicted molar refractivity (Wildman–Crippen MR) is 133 cm³/mol. The van der Waals surface area contributed by atoms with Gasteiger partial charge in [0.25, 0.3) is 0 Å². The Morgan fingerprint density at radius 1 is 1.13 bits per heavy atom. The third-order valence-corrected chi connectivity index (χ3v) is 5.99. The molecule has 2 aromatic carbocycles. The lowest BCUT2D eigenvalue weighted by molar-refractivity contribution is -0.139. The summed E-state index contributed by atoms with van der Waals surface area (Å²) in [5.74, 6) is -5.65. The number of rotatable bonds is 9. The van der Waals surface area contributed by atoms with Crippen molar-refractivity contribution in [3.8, 4) is 11.1 Å². The van der Waals surface area contributed by atoms with Gasteiger partial charge in [0, 0.05) is 11.8 Å². The molecular weight excluding hydrogens is 540 g/mol. The molecule has 0 spiro atoms. The van der Waals surface area contributed by atoms with Crippen molar-refractivity contribution in [3.63, 3.8) is 0 Å². The number of fused-ring (bicyclic) bond motifs is 1. The van der Waals surface area contributed by atoms with E-state index in [1.54, 1.807) is 16.9 Å². The molecule has 0 bridgehead atoms. The standard InChI is InChI=1S/C24H19F2N5O7S/c1-39(36,37)31-20-16(25)7-6-14(18(20)26)21(32)19-15-8-13(9-28-22(15)30-29-19)11-2-4-12(5-3-11)24(35)38-10-17(27)23(33)34/h2-9,17,31H,10,27H2,1H3,(H,33,34)(H,28,29,30)/t17-/m0/s1. The van der Waals surface area contributed by atoms with Crippen molar-refractivity contribution in [2.45, 2.75) is 6.04 Å². The van der Waals surface area contributed by atoms with Crippen LogP contribution in [-0.2, 0) is 19.6 Å². The molecule has 202 valence electrons. The monoisotopic (exact) mass is 559 g/mol. The van der Waals surface area contributed by atoms with Crippen LogP contribution in [0.3, 0.4) is 0 Å². The lowest BCUT2D eigenvalue weighted by Crippen LogP contribution is -2.35. The van der Waals surface area contributed by atoms with Gasteiger partial charge >= 0.3 is 11.9 Å². The van der Waals surface area contributed by atoms with Crippen LogP contribution in [0.1, 0.15) is 26.4 Å². The van der Waals surface area contributed by atoms with E-state index in [0.29, 0.717) is 17.4 Å². The number of sulfonamides is 1. The normalized spacial score (nSPS) is 12.2. The van der Waals surface area contributed by atoms with E-state index in [1.807, 2.05) is 0 Å². The Morgan fingerprint density at radius 3 is 2.46 bits per heavy atom. The number of hydrogen-bond donors (Lipinski definition) is 4. The zero-order valence-electron chi connectivity index (χ0n) is 19.9. The number of pyridine rings is 1. The Bertz CT molecular complexity index is 1720. The highest BCUT2D eigenvalue weighted by Gasteiger charge is 2.25. The highest BCUT2D eigenvalue weighted by Crippen LogP contribution is 2.28. The first-order valence-corrected chi connectivity index (χ1v) is 12.9. The van der Waals surface area contributed by atoms with Crippen molar-refractivity contribution in [1.29, 1.82) is 0 Å². The van der Waals surface area contributed by atoms with Crippen LogP contribution in [0.4, 0.5) is 14.5 Å². The molecule has 15 heteroatoms. The number of halogens is 2. The molecular formula is C24H19F2N5O7S. The maximum atomic E-state index is 15.0. The summed E-state index contributed by atoms with van der Waals surface area (Å²) in [6, 6.07) is 7.78. The number of nitrogens with two attached hydrogens (primary N) is 1. The van der Waals surface area contributed by atoms with Gasteiger partial charge in [-0.3, -0.25) is 19.4 Å². The van der Waals surface area contributed by atoms with Crippen molar-refractivity contribution in [2.24, 2.45) is 5.73 Å². The highest BCUT2D eigenvalue weighted by molar-refractivity contribution is 7.92. The molecule has 4 aromatic rings. The lowest BCUT2D eigenvalue weighted by Gasteiger charge is -2.10. The van der Waals surface area contributed by atoms with Gasteiger partial charge in [0.05, 0.1) is 22.8 Å². The molecule has 2 heterocycles. The molecule has 1 atom stereocenters. The average Bonchev–Trinajstić information content (AvgIpc) is 3.32. The van der Waals surface area contributed by atoms with E-state index in [9.17, 15) is 31.6 Å². The number of aromatic nitrogens is 3. The number of carboxylic acids is 1. The minimum absolute atomic E-state index is 0.134. The lowest BCUT2D eigenvalue weighted by atomic mass is 10.0. The largest absolute Gasteiger partial charge is 0.480 e. The fourth-order valence-electron chi connectivity index (χ4n) is 3.49. The van der Waals surface area contributed by atoms with E-state index in [-0.39, 0.29) is 22.3 Å². The molecule has 0 aliphatic rings. The third-order valence-electron chi connectivity index (χ3n) is 5.42. The second-order valence-corrected chi connectivity index (χ2v) is 10.0. The van der Waals surface area contributed by atoms with Gasteiger partial charge in [-0.15, -0.1) is 0 Å². The number of nitrogens with zero attached hydrogens (tertiary/aromatic N) is 2. The van der Waals surface area contributed by atoms with Gasteiger partial charge in [0.15, 0.2) is 11.5 Å². The minimum Gasteiger partial charge on any atom is -0.480 e. The first-order chi connectivity index (χ1) is 18.4. The summed E-state index contributed by atoms with van der Waals surface area (Å²) in [5.41, 5.74) is 4.84.